The second kappa shape index (κ2) is 12.0. The maximum absolute atomic E-state index is 13.6. The summed E-state index contributed by atoms with van der Waals surface area (Å²) in [6.45, 7) is 3.61. The SMILES string of the molecule is CC[C@H](NC(=O)[C@H](C[C@H](C)c1ccccc1)NC(=O)c1cc2c(C(F)(F)F)nn(C)c2s1)C(=O)c1nc2ccccc2o1. The zero-order chi connectivity index (χ0) is 30.9. The van der Waals surface area contributed by atoms with Crippen LogP contribution in [0.25, 0.3) is 21.3 Å². The molecule has 5 rings (SSSR count). The highest BCUT2D eigenvalue weighted by Crippen LogP contribution is 2.37. The number of aromatic nitrogens is 3. The fourth-order valence-electron chi connectivity index (χ4n) is 4.85. The number of carbonyl (C=O) groups is 3. The highest BCUT2D eigenvalue weighted by atomic mass is 32.1. The first-order valence-corrected chi connectivity index (χ1v) is 14.4. The quantitative estimate of drug-likeness (QED) is 0.191. The molecule has 43 heavy (non-hydrogen) atoms. The second-order valence-corrected chi connectivity index (χ2v) is 11.2. The van der Waals surface area contributed by atoms with Gasteiger partial charge in [0.2, 0.25) is 11.7 Å². The number of carbonyl (C=O) groups excluding carboxylic acids is 3. The van der Waals surface area contributed by atoms with Crippen molar-refractivity contribution in [2.24, 2.45) is 7.05 Å². The molecule has 5 aromatic rings. The van der Waals surface area contributed by atoms with Gasteiger partial charge >= 0.3 is 6.18 Å². The molecule has 9 nitrogen and oxygen atoms in total. The zero-order valence-corrected chi connectivity index (χ0v) is 24.3. The molecule has 0 saturated carbocycles. The molecule has 0 aliphatic rings. The van der Waals surface area contributed by atoms with E-state index in [9.17, 15) is 27.6 Å². The summed E-state index contributed by atoms with van der Waals surface area (Å²) in [5.74, 6) is -2.19. The number of para-hydroxylation sites is 2. The number of thiophene rings is 1. The third-order valence-electron chi connectivity index (χ3n) is 7.13. The zero-order valence-electron chi connectivity index (χ0n) is 23.4. The molecule has 3 aromatic heterocycles. The molecule has 13 heteroatoms. The number of fused-ring (bicyclic) bond motifs is 2. The Kier molecular flexibility index (Phi) is 8.36. The summed E-state index contributed by atoms with van der Waals surface area (Å²) in [5, 5.41) is 8.76. The van der Waals surface area contributed by atoms with E-state index in [-0.39, 0.29) is 39.7 Å². The first-order chi connectivity index (χ1) is 20.5. The minimum atomic E-state index is -4.70. The number of ketones is 1. The van der Waals surface area contributed by atoms with Crippen molar-refractivity contribution in [3.63, 3.8) is 0 Å². The van der Waals surface area contributed by atoms with Gasteiger partial charge in [-0.3, -0.25) is 19.1 Å². The molecule has 3 heterocycles. The van der Waals surface area contributed by atoms with Gasteiger partial charge in [0.15, 0.2) is 11.3 Å². The van der Waals surface area contributed by atoms with Crippen LogP contribution < -0.4 is 10.6 Å². The molecule has 224 valence electrons. The van der Waals surface area contributed by atoms with Crippen LogP contribution in [0.15, 0.2) is 65.1 Å². The first-order valence-electron chi connectivity index (χ1n) is 13.6. The highest BCUT2D eigenvalue weighted by molar-refractivity contribution is 7.20. The van der Waals surface area contributed by atoms with Crippen molar-refractivity contribution in [1.29, 1.82) is 0 Å². The number of hydrogen-bond donors (Lipinski definition) is 2. The normalized spacial score (nSPS) is 14.0. The van der Waals surface area contributed by atoms with Crippen molar-refractivity contribution in [2.75, 3.05) is 0 Å². The van der Waals surface area contributed by atoms with Crippen molar-refractivity contribution in [3.8, 4) is 0 Å². The number of Topliss-reactive ketones (excluding diaryl/α,β-unsaturated/α-hetero) is 1. The Morgan fingerprint density at radius 1 is 1.02 bits per heavy atom. The van der Waals surface area contributed by atoms with E-state index in [0.29, 0.717) is 11.1 Å². The van der Waals surface area contributed by atoms with Gasteiger partial charge in [-0.15, -0.1) is 11.3 Å². The fraction of sp³-hybridized carbons (Fsp3) is 0.300. The van der Waals surface area contributed by atoms with Crippen molar-refractivity contribution in [1.82, 2.24) is 25.4 Å². The van der Waals surface area contributed by atoms with E-state index in [1.54, 1.807) is 31.2 Å². The Balaban J connectivity index is 1.39. The second-order valence-electron chi connectivity index (χ2n) is 10.2. The van der Waals surface area contributed by atoms with E-state index in [2.05, 4.69) is 20.7 Å². The molecule has 0 bridgehead atoms. The van der Waals surface area contributed by atoms with Crippen LogP contribution in [-0.4, -0.2) is 44.4 Å². The van der Waals surface area contributed by atoms with Gasteiger partial charge in [0.05, 0.1) is 10.9 Å². The van der Waals surface area contributed by atoms with Crippen LogP contribution in [0.4, 0.5) is 13.2 Å². The Hall–Kier alpha value is -4.52. The van der Waals surface area contributed by atoms with Crippen LogP contribution in [0.1, 0.15) is 64.2 Å². The molecule has 0 fully saturated rings. The minimum absolute atomic E-state index is 0.00624. The van der Waals surface area contributed by atoms with Crippen LogP contribution in [0, 0.1) is 0 Å². The van der Waals surface area contributed by atoms with Crippen LogP contribution in [0.5, 0.6) is 0 Å². The number of oxazole rings is 1. The van der Waals surface area contributed by atoms with Gasteiger partial charge in [-0.1, -0.05) is 56.3 Å². The van der Waals surface area contributed by atoms with Gasteiger partial charge in [0.25, 0.3) is 11.8 Å². The van der Waals surface area contributed by atoms with E-state index >= 15 is 0 Å². The number of hydrogen-bond acceptors (Lipinski definition) is 7. The summed E-state index contributed by atoms with van der Waals surface area (Å²) in [5.41, 5.74) is 0.768. The van der Waals surface area contributed by atoms with E-state index < -0.39 is 41.6 Å². The maximum atomic E-state index is 13.6. The molecule has 2 N–H and O–H groups in total. The number of rotatable bonds is 10. The summed E-state index contributed by atoms with van der Waals surface area (Å²) in [7, 11) is 1.37. The Bertz CT molecular complexity index is 1760. The molecule has 0 unspecified atom stereocenters. The number of alkyl halides is 3. The lowest BCUT2D eigenvalue weighted by molar-refractivity contribution is -0.140. The van der Waals surface area contributed by atoms with Gasteiger partial charge in [0, 0.05) is 12.4 Å². The van der Waals surface area contributed by atoms with Crippen molar-refractivity contribution < 1.29 is 32.0 Å². The van der Waals surface area contributed by atoms with E-state index in [1.807, 2.05) is 37.3 Å². The molecular weight excluding hydrogens is 583 g/mol. The largest absolute Gasteiger partial charge is 0.435 e. The average molecular weight is 612 g/mol. The number of halogens is 3. The van der Waals surface area contributed by atoms with E-state index in [0.717, 1.165) is 27.6 Å². The number of aryl methyl sites for hydroxylation is 1. The lowest BCUT2D eigenvalue weighted by atomic mass is 9.93. The predicted molar refractivity (Wildman–Crippen MR) is 155 cm³/mol. The van der Waals surface area contributed by atoms with Crippen LogP contribution in [0.3, 0.4) is 0 Å². The van der Waals surface area contributed by atoms with Gasteiger partial charge in [0.1, 0.15) is 16.4 Å². The smallest absolute Gasteiger partial charge is 0.434 e. The fourth-order valence-corrected chi connectivity index (χ4v) is 5.82. The van der Waals surface area contributed by atoms with Gasteiger partial charge in [-0.2, -0.15) is 18.3 Å². The number of amides is 2. The van der Waals surface area contributed by atoms with Crippen LogP contribution in [-0.2, 0) is 18.0 Å². The molecular formula is C30H28F3N5O4S. The van der Waals surface area contributed by atoms with Gasteiger partial charge < -0.3 is 15.1 Å². The lowest BCUT2D eigenvalue weighted by Crippen LogP contribution is -2.51. The predicted octanol–water partition coefficient (Wildman–Crippen LogP) is 5.86. The van der Waals surface area contributed by atoms with E-state index in [1.165, 1.54) is 7.05 Å². The Morgan fingerprint density at radius 2 is 1.72 bits per heavy atom. The van der Waals surface area contributed by atoms with Crippen LogP contribution in [0.2, 0.25) is 0 Å². The molecule has 0 aliphatic heterocycles. The highest BCUT2D eigenvalue weighted by Gasteiger charge is 2.38. The Morgan fingerprint density at radius 3 is 2.40 bits per heavy atom. The molecule has 0 radical (unpaired) electrons. The number of benzene rings is 2. The number of nitrogens with one attached hydrogen (secondary N) is 2. The minimum Gasteiger partial charge on any atom is -0.434 e. The molecule has 0 spiro atoms. The standard InChI is InChI=1S/C30H28F3N5O4S/c1-4-19(24(39)28-36-20-12-8-9-13-22(20)42-28)34-26(40)21(14-16(2)17-10-6-5-7-11-17)35-27(41)23-15-18-25(30(31,32)33)37-38(3)29(18)43-23/h5-13,15-16,19,21H,4,14H2,1-3H3,(H,34,40)(H,35,41)/t16-,19-,21-/m0/s1. The summed E-state index contributed by atoms with van der Waals surface area (Å²) >= 11 is 0.842. The molecule has 0 saturated heterocycles. The topological polar surface area (TPSA) is 119 Å². The third kappa shape index (κ3) is 6.31. The molecule has 3 atom stereocenters. The maximum Gasteiger partial charge on any atom is 0.435 e. The lowest BCUT2D eigenvalue weighted by Gasteiger charge is -2.24. The molecule has 2 amide bonds. The molecule has 0 aliphatic carbocycles. The first kappa shape index (κ1) is 30.0. The monoisotopic (exact) mass is 611 g/mol. The van der Waals surface area contributed by atoms with Crippen molar-refractivity contribution >= 4 is 50.3 Å². The summed E-state index contributed by atoms with van der Waals surface area (Å²) in [6.07, 6.45) is -4.31. The van der Waals surface area contributed by atoms with Crippen molar-refractivity contribution in [3.05, 3.63) is 82.7 Å². The van der Waals surface area contributed by atoms with Gasteiger partial charge in [-0.25, -0.2) is 4.98 Å². The Labute approximate surface area is 248 Å². The van der Waals surface area contributed by atoms with Gasteiger partial charge in [-0.05, 0) is 42.5 Å². The number of nitrogens with zero attached hydrogens (tertiary/aromatic N) is 3. The third-order valence-corrected chi connectivity index (χ3v) is 8.33. The van der Waals surface area contributed by atoms with E-state index in [4.69, 9.17) is 4.42 Å². The summed E-state index contributed by atoms with van der Waals surface area (Å²) in [4.78, 5) is 44.6. The summed E-state index contributed by atoms with van der Waals surface area (Å²) < 4.78 is 47.2. The van der Waals surface area contributed by atoms with Crippen LogP contribution >= 0.6 is 11.3 Å². The average Bonchev–Trinajstić information content (AvgIpc) is 3.70. The molecule has 2 aromatic carbocycles. The summed E-state index contributed by atoms with van der Waals surface area (Å²) in [6, 6.07) is 15.3. The van der Waals surface area contributed by atoms with Crippen molar-refractivity contribution in [2.45, 2.75) is 50.9 Å².